The molecule has 2 atom stereocenters. The molecule has 3 aromatic carbocycles. The minimum absolute atomic E-state index is 0.0413. The van der Waals surface area contributed by atoms with Gasteiger partial charge in [0.15, 0.2) is 0 Å². The first kappa shape index (κ1) is 15.8. The fourth-order valence-electron chi connectivity index (χ4n) is 4.55. The molecule has 0 spiro atoms. The van der Waals surface area contributed by atoms with Crippen molar-refractivity contribution in [3.05, 3.63) is 84.4 Å². The Balaban J connectivity index is 1.60. The van der Waals surface area contributed by atoms with E-state index in [1.165, 1.54) is 6.42 Å². The molecule has 3 heteroatoms. The van der Waals surface area contributed by atoms with Crippen LogP contribution < -0.4 is 0 Å². The third kappa shape index (κ3) is 2.34. The second-order valence-corrected chi connectivity index (χ2v) is 9.51. The van der Waals surface area contributed by atoms with E-state index in [0.717, 1.165) is 29.2 Å². The van der Waals surface area contributed by atoms with Crippen LogP contribution in [-0.4, -0.2) is 8.42 Å². The average molecular weight is 360 g/mol. The summed E-state index contributed by atoms with van der Waals surface area (Å²) in [4.78, 5) is 0.750. The molecule has 0 aliphatic heterocycles. The van der Waals surface area contributed by atoms with Gasteiger partial charge in [-0.2, -0.15) is 0 Å². The molecule has 0 aromatic heterocycles. The van der Waals surface area contributed by atoms with Gasteiger partial charge in [-0.3, -0.25) is 0 Å². The van der Waals surface area contributed by atoms with Crippen molar-refractivity contribution in [2.75, 3.05) is 0 Å². The van der Waals surface area contributed by atoms with Crippen LogP contribution in [0.4, 0.5) is 0 Å². The van der Waals surface area contributed by atoms with Crippen molar-refractivity contribution in [2.24, 2.45) is 5.92 Å². The normalized spacial score (nSPS) is 24.4. The van der Waals surface area contributed by atoms with Gasteiger partial charge in [0.2, 0.25) is 9.84 Å². The molecule has 1 saturated carbocycles. The molecular formula is C23H20O2S. The molecule has 26 heavy (non-hydrogen) atoms. The van der Waals surface area contributed by atoms with E-state index in [-0.39, 0.29) is 5.41 Å². The molecule has 0 radical (unpaired) electrons. The molecular weight excluding hydrogens is 340 g/mol. The summed E-state index contributed by atoms with van der Waals surface area (Å²) in [6.45, 7) is 0. The summed E-state index contributed by atoms with van der Waals surface area (Å²) in [5.41, 5.74) is 1.18. The van der Waals surface area contributed by atoms with Crippen LogP contribution >= 0.6 is 0 Å². The van der Waals surface area contributed by atoms with Gasteiger partial charge in [0.05, 0.1) is 9.79 Å². The number of rotatable bonds is 3. The molecule has 2 bridgehead atoms. The maximum Gasteiger partial charge on any atom is 0.206 e. The zero-order chi connectivity index (χ0) is 17.8. The molecule has 2 aliphatic carbocycles. The van der Waals surface area contributed by atoms with Crippen LogP contribution in [0.15, 0.2) is 88.7 Å². The first-order chi connectivity index (χ1) is 12.6. The van der Waals surface area contributed by atoms with Crippen LogP contribution in [0.25, 0.3) is 10.8 Å². The molecule has 2 aliphatic rings. The Hall–Kier alpha value is -2.39. The Bertz CT molecular complexity index is 1140. The first-order valence-corrected chi connectivity index (χ1v) is 10.6. The smallest absolute Gasteiger partial charge is 0.206 e. The molecule has 5 rings (SSSR count). The third-order valence-corrected chi connectivity index (χ3v) is 7.77. The van der Waals surface area contributed by atoms with E-state index in [0.29, 0.717) is 15.7 Å². The van der Waals surface area contributed by atoms with Crippen molar-refractivity contribution in [3.8, 4) is 0 Å². The molecule has 0 heterocycles. The first-order valence-electron chi connectivity index (χ1n) is 9.11. The van der Waals surface area contributed by atoms with Crippen LogP contribution in [0.5, 0.6) is 0 Å². The Morgan fingerprint density at radius 2 is 1.65 bits per heavy atom. The van der Waals surface area contributed by atoms with Crippen molar-refractivity contribution in [1.82, 2.24) is 0 Å². The van der Waals surface area contributed by atoms with Gasteiger partial charge >= 0.3 is 0 Å². The summed E-state index contributed by atoms with van der Waals surface area (Å²) in [5, 5.41) is 1.99. The van der Waals surface area contributed by atoms with Gasteiger partial charge in [0.25, 0.3) is 0 Å². The fraction of sp³-hybridized carbons (Fsp3) is 0.217. The SMILES string of the molecule is O=S(=O)(c1cccc(C23C=CC(CC2)C3)c1)c1ccc2ccccc2c1. The van der Waals surface area contributed by atoms with Crippen molar-refractivity contribution in [3.63, 3.8) is 0 Å². The predicted octanol–water partition coefficient (Wildman–Crippen LogP) is 5.28. The molecule has 0 amide bonds. The number of sulfone groups is 1. The van der Waals surface area contributed by atoms with Crippen LogP contribution in [0.1, 0.15) is 24.8 Å². The fourth-order valence-corrected chi connectivity index (χ4v) is 5.89. The largest absolute Gasteiger partial charge is 0.219 e. The predicted molar refractivity (Wildman–Crippen MR) is 104 cm³/mol. The van der Waals surface area contributed by atoms with E-state index >= 15 is 0 Å². The second kappa shape index (κ2) is 5.55. The van der Waals surface area contributed by atoms with Crippen LogP contribution in [0, 0.1) is 5.92 Å². The highest BCUT2D eigenvalue weighted by molar-refractivity contribution is 7.91. The zero-order valence-electron chi connectivity index (χ0n) is 14.4. The molecule has 2 nitrogen and oxygen atoms in total. The maximum atomic E-state index is 13.2. The van der Waals surface area contributed by atoms with E-state index in [1.807, 2.05) is 42.5 Å². The third-order valence-electron chi connectivity index (χ3n) is 6.03. The summed E-state index contributed by atoms with van der Waals surface area (Å²) in [5.74, 6) is 0.663. The van der Waals surface area contributed by atoms with Gasteiger partial charge in [-0.15, -0.1) is 0 Å². The number of benzene rings is 3. The lowest BCUT2D eigenvalue weighted by Crippen LogP contribution is -2.18. The van der Waals surface area contributed by atoms with Gasteiger partial charge in [-0.1, -0.05) is 54.6 Å². The van der Waals surface area contributed by atoms with Gasteiger partial charge < -0.3 is 0 Å². The highest BCUT2D eigenvalue weighted by Gasteiger charge is 2.42. The van der Waals surface area contributed by atoms with Gasteiger partial charge in [-0.25, -0.2) is 8.42 Å². The number of allylic oxidation sites excluding steroid dienone is 2. The summed E-state index contributed by atoms with van der Waals surface area (Å²) in [7, 11) is -3.53. The Morgan fingerprint density at radius 1 is 0.846 bits per heavy atom. The van der Waals surface area contributed by atoms with Gasteiger partial charge in [0, 0.05) is 5.41 Å². The monoisotopic (exact) mass is 360 g/mol. The van der Waals surface area contributed by atoms with E-state index in [1.54, 1.807) is 18.2 Å². The topological polar surface area (TPSA) is 34.1 Å². The highest BCUT2D eigenvalue weighted by Crippen LogP contribution is 2.51. The van der Waals surface area contributed by atoms with E-state index < -0.39 is 9.84 Å². The minimum atomic E-state index is -3.53. The molecule has 3 aromatic rings. The van der Waals surface area contributed by atoms with Crippen molar-refractivity contribution in [1.29, 1.82) is 0 Å². The van der Waals surface area contributed by atoms with Crippen molar-refractivity contribution >= 4 is 20.6 Å². The quantitative estimate of drug-likeness (QED) is 0.596. The maximum absolute atomic E-state index is 13.2. The zero-order valence-corrected chi connectivity index (χ0v) is 15.2. The molecule has 0 saturated heterocycles. The Labute approximate surface area is 154 Å². The Kier molecular flexibility index (Phi) is 3.38. The van der Waals surface area contributed by atoms with E-state index in [4.69, 9.17) is 0 Å². The van der Waals surface area contributed by atoms with Crippen LogP contribution in [0.3, 0.4) is 0 Å². The molecule has 130 valence electrons. The van der Waals surface area contributed by atoms with Gasteiger partial charge in [0.1, 0.15) is 0 Å². The Morgan fingerprint density at radius 3 is 2.38 bits per heavy atom. The minimum Gasteiger partial charge on any atom is -0.219 e. The van der Waals surface area contributed by atoms with Crippen LogP contribution in [-0.2, 0) is 15.3 Å². The van der Waals surface area contributed by atoms with Crippen LogP contribution in [0.2, 0.25) is 0 Å². The van der Waals surface area contributed by atoms with Crippen molar-refractivity contribution in [2.45, 2.75) is 34.5 Å². The van der Waals surface area contributed by atoms with Crippen molar-refractivity contribution < 1.29 is 8.42 Å². The lowest BCUT2D eigenvalue weighted by atomic mass is 9.80. The average Bonchev–Trinajstić information content (AvgIpc) is 3.30. The summed E-state index contributed by atoms with van der Waals surface area (Å²) >= 11 is 0. The van der Waals surface area contributed by atoms with E-state index in [2.05, 4.69) is 18.2 Å². The number of hydrogen-bond acceptors (Lipinski definition) is 2. The summed E-state index contributed by atoms with van der Waals surface area (Å²) in [6.07, 6.45) is 8.04. The molecule has 1 fully saturated rings. The summed E-state index contributed by atoms with van der Waals surface area (Å²) < 4.78 is 26.5. The molecule has 2 unspecified atom stereocenters. The number of fused-ring (bicyclic) bond motifs is 3. The summed E-state index contributed by atoms with van der Waals surface area (Å²) in [6, 6.07) is 20.8. The van der Waals surface area contributed by atoms with Gasteiger partial charge in [-0.05, 0) is 65.8 Å². The van der Waals surface area contributed by atoms with E-state index in [9.17, 15) is 8.42 Å². The standard InChI is InChI=1S/C23H20O2S/c24-26(25,22-9-8-18-4-1-2-5-19(18)14-22)21-7-3-6-20(15-21)23-12-10-17(16-23)11-13-23/h1-10,12,14-15,17H,11,13,16H2. The number of hydrogen-bond donors (Lipinski definition) is 0. The lowest BCUT2D eigenvalue weighted by molar-refractivity contribution is 0.564. The highest BCUT2D eigenvalue weighted by atomic mass is 32.2. The lowest BCUT2D eigenvalue weighted by Gasteiger charge is -2.24. The second-order valence-electron chi connectivity index (χ2n) is 7.56. The molecule has 0 N–H and O–H groups in total.